The normalized spacial score (nSPS) is 11.9. The lowest BCUT2D eigenvalue weighted by molar-refractivity contribution is -0.120. The van der Waals surface area contributed by atoms with Gasteiger partial charge in [0.25, 0.3) is 5.91 Å². The molecule has 182 valence electrons. The summed E-state index contributed by atoms with van der Waals surface area (Å²) in [6, 6.07) is 17.0. The summed E-state index contributed by atoms with van der Waals surface area (Å²) in [7, 11) is 3.46. The third-order valence-electron chi connectivity index (χ3n) is 5.95. The Morgan fingerprint density at radius 3 is 2.47 bits per heavy atom. The molecule has 4 aromatic rings. The summed E-state index contributed by atoms with van der Waals surface area (Å²) in [5.74, 6) is 0.862. The van der Waals surface area contributed by atoms with E-state index in [4.69, 9.17) is 9.72 Å². The molecule has 0 aliphatic carbocycles. The third kappa shape index (κ3) is 4.33. The Bertz CT molecular complexity index is 1430. The van der Waals surface area contributed by atoms with Gasteiger partial charge in [0.1, 0.15) is 11.3 Å². The molecule has 3 heterocycles. The summed E-state index contributed by atoms with van der Waals surface area (Å²) in [6.07, 6.45) is 0.561. The fourth-order valence-corrected chi connectivity index (χ4v) is 4.64. The van der Waals surface area contributed by atoms with E-state index in [1.54, 1.807) is 41.5 Å². The van der Waals surface area contributed by atoms with Crippen molar-refractivity contribution in [2.45, 2.75) is 20.3 Å². The van der Waals surface area contributed by atoms with Crippen LogP contribution >= 0.6 is 11.3 Å². The minimum absolute atomic E-state index is 0.0470. The maximum atomic E-state index is 13.2. The Hall–Kier alpha value is -4.11. The molecule has 0 atom stereocenters. The van der Waals surface area contributed by atoms with Crippen molar-refractivity contribution in [2.75, 3.05) is 19.0 Å². The van der Waals surface area contributed by atoms with Crippen LogP contribution in [0.15, 0.2) is 60.1 Å². The molecule has 1 aliphatic heterocycles. The number of carbonyl (C=O) groups is 2. The molecule has 0 N–H and O–H groups in total. The second-order valence-electron chi connectivity index (χ2n) is 9.02. The van der Waals surface area contributed by atoms with E-state index in [1.165, 1.54) is 11.3 Å². The molecule has 0 fully saturated rings. The van der Waals surface area contributed by atoms with Gasteiger partial charge in [-0.1, -0.05) is 49.4 Å². The molecule has 2 aromatic carbocycles. The lowest BCUT2D eigenvalue weighted by atomic mass is 9.98. The van der Waals surface area contributed by atoms with Crippen LogP contribution < -0.4 is 9.64 Å². The standard InChI is InChI=1S/C27H25N5O3S/c1-16(2)25(33)32(27-30-28-15-36-27)22-6-5-7-23-20(22)14-19-12-13-21(29-24(19)35-23)17-8-10-18(11-9-17)26(34)31(3)4/h5-13,15-16H,14H2,1-4H3. The highest BCUT2D eigenvalue weighted by Gasteiger charge is 2.29. The summed E-state index contributed by atoms with van der Waals surface area (Å²) in [5, 5.41) is 8.62. The minimum Gasteiger partial charge on any atom is -0.438 e. The number of hydrogen-bond acceptors (Lipinski definition) is 7. The Balaban J connectivity index is 1.48. The van der Waals surface area contributed by atoms with E-state index in [2.05, 4.69) is 10.2 Å². The summed E-state index contributed by atoms with van der Waals surface area (Å²) >= 11 is 1.32. The Kier molecular flexibility index (Phi) is 6.24. The predicted molar refractivity (Wildman–Crippen MR) is 139 cm³/mol. The van der Waals surface area contributed by atoms with Crippen LogP contribution in [0.4, 0.5) is 10.8 Å². The van der Waals surface area contributed by atoms with Crippen LogP contribution in [0, 0.1) is 5.92 Å². The molecule has 0 spiro atoms. The van der Waals surface area contributed by atoms with Crippen molar-refractivity contribution < 1.29 is 14.3 Å². The van der Waals surface area contributed by atoms with Crippen LogP contribution in [0.2, 0.25) is 0 Å². The first kappa shape index (κ1) is 23.6. The van der Waals surface area contributed by atoms with E-state index in [1.807, 2.05) is 56.3 Å². The fourth-order valence-electron chi connectivity index (χ4n) is 4.07. The topological polar surface area (TPSA) is 88.5 Å². The van der Waals surface area contributed by atoms with Gasteiger partial charge in [0.15, 0.2) is 0 Å². The van der Waals surface area contributed by atoms with Gasteiger partial charge in [-0.05, 0) is 30.3 Å². The number of pyridine rings is 1. The molecule has 0 saturated heterocycles. The molecule has 8 nitrogen and oxygen atoms in total. The van der Waals surface area contributed by atoms with Crippen LogP contribution in [0.3, 0.4) is 0 Å². The molecule has 0 radical (unpaired) electrons. The summed E-state index contributed by atoms with van der Waals surface area (Å²) in [4.78, 5) is 33.3. The van der Waals surface area contributed by atoms with Crippen molar-refractivity contribution in [3.05, 3.63) is 76.8 Å². The lowest BCUT2D eigenvalue weighted by Crippen LogP contribution is -2.31. The SMILES string of the molecule is CC(C)C(=O)N(c1nncs1)c1cccc2c1Cc1ccc(-c3ccc(C(=O)N(C)C)cc3)nc1O2. The van der Waals surface area contributed by atoms with E-state index in [0.29, 0.717) is 28.7 Å². The Morgan fingerprint density at radius 2 is 1.81 bits per heavy atom. The number of carbonyl (C=O) groups excluding carboxylic acids is 2. The molecular weight excluding hydrogens is 474 g/mol. The Morgan fingerprint density at radius 1 is 1.03 bits per heavy atom. The van der Waals surface area contributed by atoms with Crippen molar-refractivity contribution in [3.8, 4) is 22.9 Å². The second kappa shape index (κ2) is 9.50. The van der Waals surface area contributed by atoms with E-state index >= 15 is 0 Å². The maximum absolute atomic E-state index is 13.2. The van der Waals surface area contributed by atoms with E-state index in [-0.39, 0.29) is 17.7 Å². The molecule has 5 rings (SSSR count). The first-order chi connectivity index (χ1) is 17.3. The van der Waals surface area contributed by atoms with Crippen molar-refractivity contribution in [2.24, 2.45) is 5.92 Å². The van der Waals surface area contributed by atoms with Crippen LogP contribution in [-0.2, 0) is 11.2 Å². The van der Waals surface area contributed by atoms with Crippen LogP contribution in [0.5, 0.6) is 11.6 Å². The zero-order chi connectivity index (χ0) is 25.4. The van der Waals surface area contributed by atoms with E-state index < -0.39 is 0 Å². The van der Waals surface area contributed by atoms with Crippen molar-refractivity contribution in [3.63, 3.8) is 0 Å². The van der Waals surface area contributed by atoms with Crippen LogP contribution in [0.1, 0.15) is 35.3 Å². The maximum Gasteiger partial charge on any atom is 0.253 e. The number of aromatic nitrogens is 3. The molecule has 2 aromatic heterocycles. The van der Waals surface area contributed by atoms with Crippen molar-refractivity contribution >= 4 is 34.0 Å². The fraction of sp³-hybridized carbons (Fsp3) is 0.222. The Labute approximate surface area is 213 Å². The third-order valence-corrected chi connectivity index (χ3v) is 6.62. The van der Waals surface area contributed by atoms with Gasteiger partial charge >= 0.3 is 0 Å². The molecule has 1 aliphatic rings. The van der Waals surface area contributed by atoms with Gasteiger partial charge in [0.05, 0.1) is 11.4 Å². The van der Waals surface area contributed by atoms with Gasteiger partial charge in [-0.25, -0.2) is 4.98 Å². The molecule has 0 saturated carbocycles. The van der Waals surface area contributed by atoms with Crippen molar-refractivity contribution in [1.29, 1.82) is 0 Å². The highest BCUT2D eigenvalue weighted by molar-refractivity contribution is 7.13. The van der Waals surface area contributed by atoms with Crippen molar-refractivity contribution in [1.82, 2.24) is 20.1 Å². The average Bonchev–Trinajstić information content (AvgIpc) is 3.41. The molecule has 36 heavy (non-hydrogen) atoms. The van der Waals surface area contributed by atoms with Crippen LogP contribution in [0.25, 0.3) is 11.3 Å². The number of anilines is 2. The molecule has 0 unspecified atom stereocenters. The van der Waals surface area contributed by atoms with Gasteiger partial charge in [-0.15, -0.1) is 10.2 Å². The average molecular weight is 500 g/mol. The number of benzene rings is 2. The summed E-state index contributed by atoms with van der Waals surface area (Å²) in [6.45, 7) is 3.73. The number of hydrogen-bond donors (Lipinski definition) is 0. The van der Waals surface area contributed by atoms with E-state index in [9.17, 15) is 9.59 Å². The smallest absolute Gasteiger partial charge is 0.253 e. The number of amides is 2. The molecule has 2 amide bonds. The van der Waals surface area contributed by atoms with Gasteiger partial charge in [-0.2, -0.15) is 0 Å². The quantitative estimate of drug-likeness (QED) is 0.325. The van der Waals surface area contributed by atoms with Gasteiger partial charge in [0, 0.05) is 48.7 Å². The van der Waals surface area contributed by atoms with Gasteiger partial charge < -0.3 is 9.64 Å². The molecule has 0 bridgehead atoms. The summed E-state index contributed by atoms with van der Waals surface area (Å²) in [5.41, 5.74) is 6.44. The zero-order valence-electron chi connectivity index (χ0n) is 20.4. The number of fused-ring (bicyclic) bond motifs is 2. The predicted octanol–water partition coefficient (Wildman–Crippen LogP) is 5.32. The van der Waals surface area contributed by atoms with E-state index in [0.717, 1.165) is 28.1 Å². The largest absolute Gasteiger partial charge is 0.438 e. The zero-order valence-corrected chi connectivity index (χ0v) is 21.2. The first-order valence-electron chi connectivity index (χ1n) is 11.6. The van der Waals surface area contributed by atoms with Gasteiger partial charge in [-0.3, -0.25) is 14.5 Å². The second-order valence-corrected chi connectivity index (χ2v) is 9.83. The number of nitrogens with zero attached hydrogens (tertiary/aromatic N) is 5. The number of ether oxygens (including phenoxy) is 1. The number of rotatable bonds is 5. The van der Waals surface area contributed by atoms with Crippen LogP contribution in [-0.4, -0.2) is 46.0 Å². The first-order valence-corrected chi connectivity index (χ1v) is 12.4. The minimum atomic E-state index is -0.217. The molecule has 9 heteroatoms. The highest BCUT2D eigenvalue weighted by Crippen LogP contribution is 2.43. The molecular formula is C27H25N5O3S. The monoisotopic (exact) mass is 499 g/mol. The highest BCUT2D eigenvalue weighted by atomic mass is 32.1. The lowest BCUT2D eigenvalue weighted by Gasteiger charge is -2.28. The summed E-state index contributed by atoms with van der Waals surface area (Å²) < 4.78 is 6.24. The van der Waals surface area contributed by atoms with Gasteiger partial charge in [0.2, 0.25) is 16.9 Å².